The van der Waals surface area contributed by atoms with Crippen LogP contribution in [0.25, 0.3) is 0 Å². The number of hydrogen-bond acceptors (Lipinski definition) is 3. The molecular formula is C14H24N2O4. The Morgan fingerprint density at radius 3 is 2.80 bits per heavy atom. The maximum Gasteiger partial charge on any atom is 0.329 e. The Kier molecular flexibility index (Phi) is 4.86. The Hall–Kier alpha value is -1.30. The average Bonchev–Trinajstić information content (AvgIpc) is 2.91. The fourth-order valence-corrected chi connectivity index (χ4v) is 3.18. The minimum atomic E-state index is -1.03. The fraction of sp³-hybridized carbons (Fsp3) is 0.857. The first kappa shape index (κ1) is 15.1. The largest absolute Gasteiger partial charge is 0.479 e. The van der Waals surface area contributed by atoms with Crippen molar-refractivity contribution in [3.8, 4) is 0 Å². The zero-order valence-electron chi connectivity index (χ0n) is 12.1. The van der Waals surface area contributed by atoms with Crippen molar-refractivity contribution in [3.05, 3.63) is 0 Å². The third kappa shape index (κ3) is 2.90. The summed E-state index contributed by atoms with van der Waals surface area (Å²) in [4.78, 5) is 25.3. The predicted molar refractivity (Wildman–Crippen MR) is 73.6 cm³/mol. The zero-order chi connectivity index (χ0) is 14.6. The number of carbonyl (C=O) groups is 2. The van der Waals surface area contributed by atoms with E-state index in [0.717, 1.165) is 32.3 Å². The first-order chi connectivity index (χ1) is 9.60. The van der Waals surface area contributed by atoms with Gasteiger partial charge >= 0.3 is 12.0 Å². The van der Waals surface area contributed by atoms with Crippen LogP contribution in [-0.4, -0.2) is 53.3 Å². The number of ether oxygens (including phenoxy) is 1. The number of carboxylic acid groups (broad SMARTS) is 1. The van der Waals surface area contributed by atoms with Crippen molar-refractivity contribution in [3.63, 3.8) is 0 Å². The van der Waals surface area contributed by atoms with E-state index in [2.05, 4.69) is 5.32 Å². The van der Waals surface area contributed by atoms with Crippen molar-refractivity contribution in [2.75, 3.05) is 19.7 Å². The first-order valence-electron chi connectivity index (χ1n) is 7.50. The molecule has 2 N–H and O–H groups in total. The summed E-state index contributed by atoms with van der Waals surface area (Å²) in [6.45, 7) is 3.55. The third-order valence-corrected chi connectivity index (χ3v) is 4.47. The minimum absolute atomic E-state index is 0.0659. The summed E-state index contributed by atoms with van der Waals surface area (Å²) >= 11 is 0. The molecule has 0 saturated carbocycles. The predicted octanol–water partition coefficient (Wildman–Crippen LogP) is 1.59. The maximum atomic E-state index is 12.3. The van der Waals surface area contributed by atoms with Gasteiger partial charge in [0.2, 0.25) is 0 Å². The second-order valence-electron chi connectivity index (χ2n) is 5.62. The molecule has 2 saturated heterocycles. The molecule has 2 atom stereocenters. The van der Waals surface area contributed by atoms with E-state index in [0.29, 0.717) is 25.9 Å². The molecule has 2 amide bonds. The molecule has 2 aliphatic heterocycles. The maximum absolute atomic E-state index is 12.3. The molecule has 0 aromatic heterocycles. The molecule has 0 radical (unpaired) electrons. The molecule has 2 aliphatic rings. The summed E-state index contributed by atoms with van der Waals surface area (Å²) < 4.78 is 5.57. The van der Waals surface area contributed by atoms with Crippen molar-refractivity contribution < 1.29 is 19.4 Å². The van der Waals surface area contributed by atoms with Crippen molar-refractivity contribution in [1.82, 2.24) is 10.2 Å². The van der Waals surface area contributed by atoms with Crippen LogP contribution < -0.4 is 5.32 Å². The van der Waals surface area contributed by atoms with Gasteiger partial charge in [0.15, 0.2) is 0 Å². The number of amides is 2. The molecule has 2 fully saturated rings. The van der Waals surface area contributed by atoms with Crippen molar-refractivity contribution in [1.29, 1.82) is 0 Å². The highest BCUT2D eigenvalue weighted by Gasteiger charge is 2.48. The van der Waals surface area contributed by atoms with E-state index in [1.54, 1.807) is 0 Å². The van der Waals surface area contributed by atoms with E-state index in [4.69, 9.17) is 4.74 Å². The summed E-state index contributed by atoms with van der Waals surface area (Å²) in [5.74, 6) is -0.901. The number of rotatable bonds is 4. The highest BCUT2D eigenvalue weighted by atomic mass is 16.5. The molecule has 114 valence electrons. The van der Waals surface area contributed by atoms with Crippen LogP contribution >= 0.6 is 0 Å². The quantitative estimate of drug-likeness (QED) is 0.821. The van der Waals surface area contributed by atoms with E-state index in [-0.39, 0.29) is 12.1 Å². The lowest BCUT2D eigenvalue weighted by Crippen LogP contribution is -2.56. The molecule has 2 unspecified atom stereocenters. The van der Waals surface area contributed by atoms with Gasteiger partial charge in [-0.25, -0.2) is 9.59 Å². The normalized spacial score (nSPS) is 30.2. The summed E-state index contributed by atoms with van der Waals surface area (Å²) in [7, 11) is 0. The fourth-order valence-electron chi connectivity index (χ4n) is 3.18. The lowest BCUT2D eigenvalue weighted by atomic mass is 9.93. The number of urea groups is 1. The summed E-state index contributed by atoms with van der Waals surface area (Å²) in [5.41, 5.74) is -1.03. The van der Waals surface area contributed by atoms with Gasteiger partial charge in [-0.3, -0.25) is 0 Å². The van der Waals surface area contributed by atoms with E-state index >= 15 is 0 Å². The number of aliphatic carboxylic acids is 1. The van der Waals surface area contributed by atoms with E-state index < -0.39 is 11.5 Å². The van der Waals surface area contributed by atoms with Crippen LogP contribution in [0.5, 0.6) is 0 Å². The van der Waals surface area contributed by atoms with Gasteiger partial charge in [0.05, 0.1) is 6.10 Å². The topological polar surface area (TPSA) is 78.9 Å². The molecule has 6 nitrogen and oxygen atoms in total. The smallest absolute Gasteiger partial charge is 0.329 e. The number of likely N-dealkylation sites (tertiary alicyclic amines) is 1. The van der Waals surface area contributed by atoms with Gasteiger partial charge in [-0.2, -0.15) is 0 Å². The van der Waals surface area contributed by atoms with Gasteiger partial charge < -0.3 is 20.1 Å². The van der Waals surface area contributed by atoms with E-state index in [1.165, 1.54) is 4.90 Å². The number of nitrogens with zero attached hydrogens (tertiary/aromatic N) is 1. The highest BCUT2D eigenvalue weighted by Crippen LogP contribution is 2.32. The molecule has 0 aromatic rings. The molecular weight excluding hydrogens is 260 g/mol. The minimum Gasteiger partial charge on any atom is -0.479 e. The van der Waals surface area contributed by atoms with Gasteiger partial charge in [0, 0.05) is 19.7 Å². The van der Waals surface area contributed by atoms with Crippen LogP contribution in [0, 0.1) is 0 Å². The number of carboxylic acids is 1. The summed E-state index contributed by atoms with van der Waals surface area (Å²) in [6.07, 6.45) is 4.94. The van der Waals surface area contributed by atoms with Gasteiger partial charge in [0.1, 0.15) is 5.54 Å². The Labute approximate surface area is 119 Å². The number of carbonyl (C=O) groups excluding carboxylic acids is 1. The number of hydrogen-bond donors (Lipinski definition) is 2. The summed E-state index contributed by atoms with van der Waals surface area (Å²) in [6, 6.07) is -0.277. The lowest BCUT2D eigenvalue weighted by Gasteiger charge is -2.34. The molecule has 2 rings (SSSR count). The highest BCUT2D eigenvalue weighted by molar-refractivity contribution is 5.87. The van der Waals surface area contributed by atoms with Crippen LogP contribution in [0.2, 0.25) is 0 Å². The Balaban J connectivity index is 1.92. The van der Waals surface area contributed by atoms with E-state index in [9.17, 15) is 14.7 Å². The van der Waals surface area contributed by atoms with Crippen molar-refractivity contribution in [2.24, 2.45) is 0 Å². The van der Waals surface area contributed by atoms with Crippen LogP contribution in [0.4, 0.5) is 4.79 Å². The molecule has 2 heterocycles. The molecule has 0 aromatic carbocycles. The molecule has 20 heavy (non-hydrogen) atoms. The Morgan fingerprint density at radius 2 is 2.20 bits per heavy atom. The van der Waals surface area contributed by atoms with Crippen LogP contribution in [-0.2, 0) is 9.53 Å². The van der Waals surface area contributed by atoms with E-state index in [1.807, 2.05) is 6.92 Å². The standard InChI is InChI=1S/C14H24N2O4/c1-2-14(12(17)18)7-5-8-16(14)13(19)15-10-11-6-3-4-9-20-11/h11H,2-10H2,1H3,(H,15,19)(H,17,18). The van der Waals surface area contributed by atoms with Crippen LogP contribution in [0.15, 0.2) is 0 Å². The first-order valence-corrected chi connectivity index (χ1v) is 7.50. The second kappa shape index (κ2) is 6.43. The molecule has 0 aliphatic carbocycles. The molecule has 0 bridgehead atoms. The third-order valence-electron chi connectivity index (χ3n) is 4.47. The number of nitrogens with one attached hydrogen (secondary N) is 1. The van der Waals surface area contributed by atoms with Crippen LogP contribution in [0.3, 0.4) is 0 Å². The summed E-state index contributed by atoms with van der Waals surface area (Å²) in [5, 5.41) is 12.3. The van der Waals surface area contributed by atoms with Gasteiger partial charge in [-0.05, 0) is 38.5 Å². The lowest BCUT2D eigenvalue weighted by molar-refractivity contribution is -0.148. The van der Waals surface area contributed by atoms with Crippen molar-refractivity contribution >= 4 is 12.0 Å². The van der Waals surface area contributed by atoms with Gasteiger partial charge in [0.25, 0.3) is 0 Å². The van der Waals surface area contributed by atoms with Crippen molar-refractivity contribution in [2.45, 2.75) is 57.1 Å². The molecule has 0 spiro atoms. The zero-order valence-corrected chi connectivity index (χ0v) is 12.1. The monoisotopic (exact) mass is 284 g/mol. The Bertz CT molecular complexity index is 368. The van der Waals surface area contributed by atoms with Gasteiger partial charge in [-0.1, -0.05) is 6.92 Å². The average molecular weight is 284 g/mol. The van der Waals surface area contributed by atoms with Gasteiger partial charge in [-0.15, -0.1) is 0 Å². The van der Waals surface area contributed by atoms with Crippen LogP contribution in [0.1, 0.15) is 45.4 Å². The SMILES string of the molecule is CCC1(C(=O)O)CCCN1C(=O)NCC1CCCCO1. The second-order valence-corrected chi connectivity index (χ2v) is 5.62. The Morgan fingerprint density at radius 1 is 1.40 bits per heavy atom. The molecule has 6 heteroatoms.